The lowest BCUT2D eigenvalue weighted by atomic mass is 11.1. The highest BCUT2D eigenvalue weighted by molar-refractivity contribution is 5.72. The fourth-order valence-corrected chi connectivity index (χ4v) is 0.104. The minimum Gasteiger partial charge on any atom is -0.274 e. The summed E-state index contributed by atoms with van der Waals surface area (Å²) in [5.41, 5.74) is 3.72. The van der Waals surface area contributed by atoms with Crippen molar-refractivity contribution in [3.8, 4) is 0 Å². The van der Waals surface area contributed by atoms with Crippen molar-refractivity contribution >= 4 is 12.7 Å². The van der Waals surface area contributed by atoms with Gasteiger partial charge >= 0.3 is 6.03 Å². The first-order valence-corrected chi connectivity index (χ1v) is 1.53. The van der Waals surface area contributed by atoms with Gasteiger partial charge in [-0.2, -0.15) is 5.10 Å². The Balaban J connectivity index is 3.17. The van der Waals surface area contributed by atoms with E-state index in [1.165, 1.54) is 0 Å². The zero-order chi connectivity index (χ0) is 5.70. The molecule has 0 saturated heterocycles. The zero-order valence-electron chi connectivity index (χ0n) is 3.64. The summed E-state index contributed by atoms with van der Waals surface area (Å²) in [6.07, 6.45) is 0. The van der Waals surface area contributed by atoms with Crippen LogP contribution in [-0.2, 0) is 0 Å². The number of hydrogen-bond donors (Lipinski definition) is 3. The Kier molecular flexibility index (Phi) is 2.62. The number of hydrazone groups is 1. The van der Waals surface area contributed by atoms with Crippen LogP contribution >= 0.6 is 0 Å². The molecule has 0 aliphatic rings. The molecule has 0 fully saturated rings. The molecule has 5 heteroatoms. The molecule has 0 atom stereocenters. The van der Waals surface area contributed by atoms with Crippen molar-refractivity contribution in [2.75, 3.05) is 0 Å². The van der Waals surface area contributed by atoms with Gasteiger partial charge in [-0.05, 0) is 0 Å². The van der Waals surface area contributed by atoms with Gasteiger partial charge in [0.15, 0.2) is 0 Å². The molecule has 40 valence electrons. The predicted molar refractivity (Wildman–Crippen MR) is 25.4 cm³/mol. The molecule has 0 bridgehead atoms. The van der Waals surface area contributed by atoms with Gasteiger partial charge < -0.3 is 0 Å². The van der Waals surface area contributed by atoms with E-state index in [1.807, 2.05) is 5.43 Å². The van der Waals surface area contributed by atoms with Crippen molar-refractivity contribution in [3.63, 3.8) is 0 Å². The number of urea groups is 1. The second-order valence-corrected chi connectivity index (χ2v) is 0.743. The normalized spacial score (nSPS) is 7.00. The third kappa shape index (κ3) is 2.71. The highest BCUT2D eigenvalue weighted by Gasteiger charge is 1.86. The molecule has 4 N–H and O–H groups in total. The molecule has 0 aliphatic heterocycles. The Morgan fingerprint density at radius 3 is 2.57 bits per heavy atom. The molecule has 0 saturated carbocycles. The van der Waals surface area contributed by atoms with Gasteiger partial charge in [0.25, 0.3) is 0 Å². The van der Waals surface area contributed by atoms with Gasteiger partial charge in [-0.15, -0.1) is 0 Å². The molecule has 7 heavy (non-hydrogen) atoms. The van der Waals surface area contributed by atoms with Crippen molar-refractivity contribution < 1.29 is 4.79 Å². The van der Waals surface area contributed by atoms with E-state index in [2.05, 4.69) is 17.7 Å². The maximum absolute atomic E-state index is 9.93. The van der Waals surface area contributed by atoms with Gasteiger partial charge in [0.1, 0.15) is 0 Å². The summed E-state index contributed by atoms with van der Waals surface area (Å²) < 4.78 is 0. The lowest BCUT2D eigenvalue weighted by Crippen LogP contribution is -2.36. The number of hydrogen-bond acceptors (Lipinski definition) is 3. The Morgan fingerprint density at radius 2 is 2.43 bits per heavy atom. The van der Waals surface area contributed by atoms with Crippen LogP contribution in [0.1, 0.15) is 0 Å². The molecular weight excluding hydrogens is 96.0 g/mol. The molecule has 5 nitrogen and oxygen atoms in total. The summed E-state index contributed by atoms with van der Waals surface area (Å²) in [5, 5.41) is 3.01. The third-order valence-electron chi connectivity index (χ3n) is 0.312. The summed E-state index contributed by atoms with van der Waals surface area (Å²) in [6.45, 7) is 2.97. The first-order chi connectivity index (χ1) is 3.31. The summed E-state index contributed by atoms with van der Waals surface area (Å²) >= 11 is 0. The predicted octanol–water partition coefficient (Wildman–Crippen LogP) is -1.23. The van der Waals surface area contributed by atoms with Crippen LogP contribution in [-0.4, -0.2) is 12.7 Å². The van der Waals surface area contributed by atoms with Crippen LogP contribution in [0.5, 0.6) is 0 Å². The minimum absolute atomic E-state index is 0.574. The molecule has 0 aromatic rings. The number of nitrogens with zero attached hydrogens (tertiary/aromatic N) is 1. The number of rotatable bonds is 1. The van der Waals surface area contributed by atoms with Crippen LogP contribution in [0, 0.1) is 0 Å². The molecule has 0 aliphatic carbocycles. The third-order valence-corrected chi connectivity index (χ3v) is 0.312. The lowest BCUT2D eigenvalue weighted by molar-refractivity contribution is 0.241. The quantitative estimate of drug-likeness (QED) is 0.168. The second-order valence-electron chi connectivity index (χ2n) is 0.743. The van der Waals surface area contributed by atoms with Crippen LogP contribution in [0.25, 0.3) is 0 Å². The Bertz CT molecular complexity index is 79.8. The largest absolute Gasteiger partial charge is 0.349 e. The number of carbonyl (C=O) groups excluding carboxylic acids is 1. The average Bonchev–Trinajstić information content (AvgIpc) is 1.68. The maximum Gasteiger partial charge on any atom is 0.349 e. The molecule has 0 unspecified atom stereocenters. The van der Waals surface area contributed by atoms with Crippen LogP contribution in [0.4, 0.5) is 4.79 Å². The first-order valence-electron chi connectivity index (χ1n) is 1.53. The van der Waals surface area contributed by atoms with Crippen LogP contribution in [0.15, 0.2) is 5.10 Å². The number of nitrogens with one attached hydrogen (secondary N) is 2. The highest BCUT2D eigenvalue weighted by Crippen LogP contribution is 1.53. The van der Waals surface area contributed by atoms with E-state index in [1.54, 1.807) is 5.43 Å². The van der Waals surface area contributed by atoms with E-state index in [4.69, 9.17) is 0 Å². The van der Waals surface area contributed by atoms with Gasteiger partial charge in [-0.1, -0.05) is 0 Å². The van der Waals surface area contributed by atoms with Crippen molar-refractivity contribution in [1.82, 2.24) is 10.9 Å². The topological polar surface area (TPSA) is 79.5 Å². The molecular formula is C2H6N4O. The minimum atomic E-state index is -0.574. The van der Waals surface area contributed by atoms with Gasteiger partial charge in [-0.3, -0.25) is 5.43 Å². The SMILES string of the molecule is C=NNC(=O)NN. The standard InChI is InChI=1S/C2H6N4O/c1-4-6-2(7)5-3/h1,3H2,(H2,5,6,7). The molecule has 2 amide bonds. The van der Waals surface area contributed by atoms with Gasteiger partial charge in [-0.25, -0.2) is 16.1 Å². The van der Waals surface area contributed by atoms with Crippen LogP contribution < -0.4 is 16.7 Å². The van der Waals surface area contributed by atoms with Crippen LogP contribution in [0.2, 0.25) is 0 Å². The maximum atomic E-state index is 9.93. The monoisotopic (exact) mass is 102 g/mol. The van der Waals surface area contributed by atoms with Crippen molar-refractivity contribution in [1.29, 1.82) is 0 Å². The number of amides is 2. The average molecular weight is 102 g/mol. The molecule has 0 rings (SSSR count). The summed E-state index contributed by atoms with van der Waals surface area (Å²) in [6, 6.07) is -0.574. The van der Waals surface area contributed by atoms with E-state index in [0.717, 1.165) is 0 Å². The zero-order valence-corrected chi connectivity index (χ0v) is 3.64. The van der Waals surface area contributed by atoms with Crippen molar-refractivity contribution in [3.05, 3.63) is 0 Å². The number of carbonyl (C=O) groups is 1. The van der Waals surface area contributed by atoms with Gasteiger partial charge in [0, 0.05) is 6.72 Å². The fraction of sp³-hybridized carbons (Fsp3) is 0. The molecule has 0 spiro atoms. The van der Waals surface area contributed by atoms with E-state index >= 15 is 0 Å². The van der Waals surface area contributed by atoms with Gasteiger partial charge in [0.2, 0.25) is 0 Å². The number of hydrazine groups is 1. The Labute approximate surface area is 40.5 Å². The van der Waals surface area contributed by atoms with Crippen molar-refractivity contribution in [2.45, 2.75) is 0 Å². The van der Waals surface area contributed by atoms with E-state index in [9.17, 15) is 4.79 Å². The first kappa shape index (κ1) is 5.90. The Hall–Kier alpha value is -1.10. The Morgan fingerprint density at radius 1 is 1.86 bits per heavy atom. The summed E-state index contributed by atoms with van der Waals surface area (Å²) in [4.78, 5) is 9.93. The molecule has 0 heterocycles. The van der Waals surface area contributed by atoms with Crippen LogP contribution in [0.3, 0.4) is 0 Å². The van der Waals surface area contributed by atoms with E-state index in [0.29, 0.717) is 0 Å². The lowest BCUT2D eigenvalue weighted by Gasteiger charge is -1.91. The molecule has 0 aromatic heterocycles. The van der Waals surface area contributed by atoms with Crippen molar-refractivity contribution in [2.24, 2.45) is 10.9 Å². The fourth-order valence-electron chi connectivity index (χ4n) is 0.104. The van der Waals surface area contributed by atoms with E-state index in [-0.39, 0.29) is 0 Å². The van der Waals surface area contributed by atoms with Gasteiger partial charge in [0.05, 0.1) is 0 Å². The summed E-state index contributed by atoms with van der Waals surface area (Å²) in [5.74, 6) is 4.61. The second kappa shape index (κ2) is 3.10. The summed E-state index contributed by atoms with van der Waals surface area (Å²) in [7, 11) is 0. The smallest absolute Gasteiger partial charge is 0.274 e. The molecule has 0 aromatic carbocycles. The van der Waals surface area contributed by atoms with E-state index < -0.39 is 6.03 Å². The molecule has 0 radical (unpaired) electrons. The highest BCUT2D eigenvalue weighted by atomic mass is 16.2. The number of nitrogens with two attached hydrogens (primary N) is 1.